The summed E-state index contributed by atoms with van der Waals surface area (Å²) in [5, 5.41) is 17.6. The second-order valence-electron chi connectivity index (χ2n) is 9.45. The number of nitrogens with zero attached hydrogens (tertiary/aromatic N) is 1. The lowest BCUT2D eigenvalue weighted by Crippen LogP contribution is -2.57. The van der Waals surface area contributed by atoms with Crippen molar-refractivity contribution in [2.45, 2.75) is 36.8 Å². The van der Waals surface area contributed by atoms with Crippen molar-refractivity contribution in [2.24, 2.45) is 0 Å². The van der Waals surface area contributed by atoms with Crippen LogP contribution in [0.3, 0.4) is 0 Å². The number of nitrogens with one attached hydrogen (secondary N) is 2. The molecule has 1 fully saturated rings. The van der Waals surface area contributed by atoms with Crippen LogP contribution in [0, 0.1) is 0 Å². The van der Waals surface area contributed by atoms with Crippen molar-refractivity contribution < 1.29 is 31.4 Å². The van der Waals surface area contributed by atoms with Crippen LogP contribution in [0.15, 0.2) is 78.9 Å². The molecule has 3 aromatic rings. The Morgan fingerprint density at radius 1 is 0.769 bits per heavy atom. The number of halogens is 6. The lowest BCUT2D eigenvalue weighted by molar-refractivity contribution is -0.143. The van der Waals surface area contributed by atoms with Crippen molar-refractivity contribution in [1.82, 2.24) is 10.2 Å². The molecule has 0 bridgehead atoms. The van der Waals surface area contributed by atoms with Gasteiger partial charge in [-0.15, -0.1) is 0 Å². The topological polar surface area (TPSA) is 47.5 Å². The van der Waals surface area contributed by atoms with Gasteiger partial charge in [0, 0.05) is 12.2 Å². The van der Waals surface area contributed by atoms with Crippen LogP contribution in [0.2, 0.25) is 0 Å². The van der Waals surface area contributed by atoms with Gasteiger partial charge in [0.1, 0.15) is 5.60 Å². The lowest BCUT2D eigenvalue weighted by Gasteiger charge is -2.40. The van der Waals surface area contributed by atoms with E-state index in [1.807, 2.05) is 0 Å². The van der Waals surface area contributed by atoms with E-state index in [-0.39, 0.29) is 11.2 Å². The smallest absolute Gasteiger partial charge is 0.378 e. The highest BCUT2D eigenvalue weighted by Gasteiger charge is 2.42. The minimum Gasteiger partial charge on any atom is -0.378 e. The van der Waals surface area contributed by atoms with Crippen LogP contribution in [-0.2, 0) is 18.0 Å². The molecule has 1 aliphatic heterocycles. The molecule has 0 radical (unpaired) electrons. The molecule has 11 heteroatoms. The third-order valence-electron chi connectivity index (χ3n) is 6.72. The van der Waals surface area contributed by atoms with Gasteiger partial charge >= 0.3 is 12.4 Å². The van der Waals surface area contributed by atoms with Crippen molar-refractivity contribution in [1.29, 1.82) is 0 Å². The Labute approximate surface area is 227 Å². The first kappa shape index (κ1) is 28.8. The molecule has 39 heavy (non-hydrogen) atoms. The van der Waals surface area contributed by atoms with Gasteiger partial charge in [-0.3, -0.25) is 0 Å². The number of thiocarbonyl (C=S) groups is 1. The molecule has 0 unspecified atom stereocenters. The summed E-state index contributed by atoms with van der Waals surface area (Å²) in [5.41, 5.74) is -3.93. The van der Waals surface area contributed by atoms with E-state index >= 15 is 0 Å². The third-order valence-corrected chi connectivity index (χ3v) is 6.94. The van der Waals surface area contributed by atoms with Gasteiger partial charge in [-0.1, -0.05) is 60.7 Å². The van der Waals surface area contributed by atoms with Gasteiger partial charge in [-0.25, -0.2) is 0 Å². The molecule has 4 nitrogen and oxygen atoms in total. The number of rotatable bonds is 7. The van der Waals surface area contributed by atoms with E-state index in [2.05, 4.69) is 15.5 Å². The molecule has 0 saturated carbocycles. The minimum atomic E-state index is -4.99. The lowest BCUT2D eigenvalue weighted by atomic mass is 9.79. The summed E-state index contributed by atoms with van der Waals surface area (Å²) in [6, 6.07) is 18.1. The quantitative estimate of drug-likeness (QED) is 0.228. The Kier molecular flexibility index (Phi) is 8.53. The second kappa shape index (κ2) is 11.5. The SMILES string of the molecule is OC(c1ccccc1)(c1ccccc1)[C@H](CN1CCCC1)NC(=S)Nc1cc(C(F)(F)F)cc(C(F)(F)F)c1. The fourth-order valence-corrected chi connectivity index (χ4v) is 5.07. The molecule has 0 spiro atoms. The maximum absolute atomic E-state index is 13.4. The molecule has 208 valence electrons. The molecule has 0 aliphatic carbocycles. The maximum Gasteiger partial charge on any atom is 0.416 e. The highest BCUT2D eigenvalue weighted by molar-refractivity contribution is 7.80. The van der Waals surface area contributed by atoms with E-state index in [9.17, 15) is 31.4 Å². The van der Waals surface area contributed by atoms with Crippen molar-refractivity contribution in [2.75, 3.05) is 25.0 Å². The first-order valence-electron chi connectivity index (χ1n) is 12.3. The van der Waals surface area contributed by atoms with Crippen molar-refractivity contribution in [3.8, 4) is 0 Å². The van der Waals surface area contributed by atoms with E-state index in [0.717, 1.165) is 25.9 Å². The molecule has 1 saturated heterocycles. The average molecular weight is 568 g/mol. The van der Waals surface area contributed by atoms with Crippen LogP contribution < -0.4 is 10.6 Å². The number of hydrogen-bond acceptors (Lipinski definition) is 3. The molecule has 0 aromatic heterocycles. The van der Waals surface area contributed by atoms with E-state index in [4.69, 9.17) is 12.2 Å². The maximum atomic E-state index is 13.4. The highest BCUT2D eigenvalue weighted by Crippen LogP contribution is 2.38. The van der Waals surface area contributed by atoms with Crippen LogP contribution >= 0.6 is 12.2 Å². The van der Waals surface area contributed by atoms with Gasteiger partial charge in [-0.2, -0.15) is 26.3 Å². The Bertz CT molecular complexity index is 1190. The van der Waals surface area contributed by atoms with Gasteiger partial charge in [0.2, 0.25) is 0 Å². The zero-order valence-corrected chi connectivity index (χ0v) is 21.5. The number of alkyl halides is 6. The van der Waals surface area contributed by atoms with Gasteiger partial charge in [0.15, 0.2) is 5.11 Å². The number of hydrogen-bond donors (Lipinski definition) is 3. The molecular formula is C28H27F6N3OS. The molecule has 1 heterocycles. The second-order valence-corrected chi connectivity index (χ2v) is 9.86. The summed E-state index contributed by atoms with van der Waals surface area (Å²) in [6.45, 7) is 1.87. The zero-order chi connectivity index (χ0) is 28.3. The fourth-order valence-electron chi connectivity index (χ4n) is 4.81. The minimum absolute atomic E-state index is 0.0569. The number of likely N-dealkylation sites (tertiary alicyclic amines) is 1. The third kappa shape index (κ3) is 6.90. The van der Waals surface area contributed by atoms with Gasteiger partial charge in [-0.05, 0) is 67.5 Å². The van der Waals surface area contributed by atoms with Crippen LogP contribution in [0.4, 0.5) is 32.0 Å². The molecule has 1 aliphatic rings. The van der Waals surface area contributed by atoms with Crippen molar-refractivity contribution >= 4 is 23.0 Å². The van der Waals surface area contributed by atoms with Crippen LogP contribution in [-0.4, -0.2) is 40.8 Å². The summed E-state index contributed by atoms with van der Waals surface area (Å²) in [5.74, 6) is 0. The van der Waals surface area contributed by atoms with Crippen molar-refractivity contribution in [3.63, 3.8) is 0 Å². The van der Waals surface area contributed by atoms with Crippen LogP contribution in [0.5, 0.6) is 0 Å². The summed E-state index contributed by atoms with van der Waals surface area (Å²) in [7, 11) is 0. The van der Waals surface area contributed by atoms with Crippen molar-refractivity contribution in [3.05, 3.63) is 101 Å². The largest absolute Gasteiger partial charge is 0.416 e. The van der Waals surface area contributed by atoms with Gasteiger partial charge < -0.3 is 20.6 Å². The van der Waals surface area contributed by atoms with Gasteiger partial charge in [0.05, 0.1) is 17.2 Å². The molecule has 0 amide bonds. The Morgan fingerprint density at radius 2 is 1.23 bits per heavy atom. The number of aliphatic hydroxyl groups is 1. The summed E-state index contributed by atoms with van der Waals surface area (Å²) < 4.78 is 80.2. The molecule has 4 rings (SSSR count). The van der Waals surface area contributed by atoms with Gasteiger partial charge in [0.25, 0.3) is 0 Å². The highest BCUT2D eigenvalue weighted by atomic mass is 32.1. The van der Waals surface area contributed by atoms with E-state index in [1.165, 1.54) is 0 Å². The number of anilines is 1. The molecule has 3 N–H and O–H groups in total. The zero-order valence-electron chi connectivity index (χ0n) is 20.7. The first-order chi connectivity index (χ1) is 18.4. The first-order valence-corrected chi connectivity index (χ1v) is 12.7. The number of benzene rings is 3. The summed E-state index contributed by atoms with van der Waals surface area (Å²) in [4.78, 5) is 2.13. The van der Waals surface area contributed by atoms with Crippen LogP contribution in [0.1, 0.15) is 35.1 Å². The predicted octanol–water partition coefficient (Wildman–Crippen LogP) is 6.41. The predicted molar refractivity (Wildman–Crippen MR) is 141 cm³/mol. The standard InChI is InChI=1S/C28H27F6N3OS/c29-27(30,31)21-15-22(28(32,33)34)17-23(16-21)35-25(39)36-24(18-37-13-7-8-14-37)26(38,19-9-3-1-4-10-19)20-11-5-2-6-12-20/h1-6,9-12,15-17,24,38H,7-8,13-14,18H2,(H2,35,36,39)/t24-/m0/s1. The molecule has 1 atom stereocenters. The monoisotopic (exact) mass is 567 g/mol. The average Bonchev–Trinajstić information content (AvgIpc) is 3.41. The molecular weight excluding hydrogens is 540 g/mol. The van der Waals surface area contributed by atoms with E-state index in [0.29, 0.717) is 29.8 Å². The summed E-state index contributed by atoms with van der Waals surface area (Å²) in [6.07, 6.45) is -8.05. The van der Waals surface area contributed by atoms with E-state index < -0.39 is 40.8 Å². The summed E-state index contributed by atoms with van der Waals surface area (Å²) >= 11 is 5.38. The van der Waals surface area contributed by atoms with E-state index in [1.54, 1.807) is 60.7 Å². The fraction of sp³-hybridized carbons (Fsp3) is 0.321. The Morgan fingerprint density at radius 3 is 1.67 bits per heavy atom. The Hall–Kier alpha value is -3.15. The van der Waals surface area contributed by atoms with Crippen LogP contribution in [0.25, 0.3) is 0 Å². The normalized spacial score (nSPS) is 15.7. The molecule has 3 aromatic carbocycles. The Balaban J connectivity index is 1.70.